The van der Waals surface area contributed by atoms with Crippen molar-refractivity contribution in [3.8, 4) is 11.5 Å². The fraction of sp³-hybridized carbons (Fsp3) is 0.500. The van der Waals surface area contributed by atoms with Gasteiger partial charge in [-0.1, -0.05) is 6.07 Å². The Kier molecular flexibility index (Phi) is 4.18. The number of carbonyl (C=O) groups is 1. The highest BCUT2D eigenvalue weighted by Crippen LogP contribution is 2.33. The quantitative estimate of drug-likeness (QED) is 0.766. The molecule has 1 unspecified atom stereocenters. The van der Waals surface area contributed by atoms with E-state index >= 15 is 0 Å². The number of fused-ring (bicyclic) bond motifs is 1. The van der Waals surface area contributed by atoms with E-state index in [1.54, 1.807) is 17.0 Å². The van der Waals surface area contributed by atoms with Crippen LogP contribution in [0.5, 0.6) is 11.5 Å². The topological polar surface area (TPSA) is 72.9 Å². The molecule has 0 bridgehead atoms. The summed E-state index contributed by atoms with van der Waals surface area (Å²) in [6.07, 6.45) is 0.454. The molecule has 1 fully saturated rings. The molecular formula is C14H16ClNO5S. The van der Waals surface area contributed by atoms with Gasteiger partial charge in [0.05, 0.1) is 11.5 Å². The highest BCUT2D eigenvalue weighted by molar-refractivity contribution is 7.91. The third-order valence-electron chi connectivity index (χ3n) is 3.87. The van der Waals surface area contributed by atoms with Crippen LogP contribution in [0.25, 0.3) is 0 Å². The monoisotopic (exact) mass is 345 g/mol. The first kappa shape index (κ1) is 15.4. The van der Waals surface area contributed by atoms with Crippen molar-refractivity contribution >= 4 is 27.3 Å². The highest BCUT2D eigenvalue weighted by atomic mass is 35.5. The van der Waals surface area contributed by atoms with E-state index in [-0.39, 0.29) is 36.1 Å². The van der Waals surface area contributed by atoms with E-state index in [2.05, 4.69) is 0 Å². The van der Waals surface area contributed by atoms with Crippen LogP contribution >= 0.6 is 11.6 Å². The lowest BCUT2D eigenvalue weighted by Crippen LogP contribution is -2.41. The van der Waals surface area contributed by atoms with Gasteiger partial charge in [0.25, 0.3) is 0 Å². The minimum atomic E-state index is -3.07. The van der Waals surface area contributed by atoms with Crippen LogP contribution in [0.2, 0.25) is 0 Å². The van der Waals surface area contributed by atoms with E-state index in [4.69, 9.17) is 21.1 Å². The van der Waals surface area contributed by atoms with Gasteiger partial charge in [-0.15, -0.1) is 11.6 Å². The van der Waals surface area contributed by atoms with Gasteiger partial charge in [-0.05, 0) is 24.1 Å². The molecule has 1 aromatic carbocycles. The summed E-state index contributed by atoms with van der Waals surface area (Å²) in [6.45, 7) is 0.492. The summed E-state index contributed by atoms with van der Waals surface area (Å²) in [4.78, 5) is 13.6. The molecule has 1 amide bonds. The fourth-order valence-electron chi connectivity index (χ4n) is 2.75. The molecule has 0 N–H and O–H groups in total. The Balaban J connectivity index is 1.80. The van der Waals surface area contributed by atoms with Gasteiger partial charge in [0, 0.05) is 12.6 Å². The fourth-order valence-corrected chi connectivity index (χ4v) is 4.64. The Morgan fingerprint density at radius 3 is 2.77 bits per heavy atom. The smallest absolute Gasteiger partial charge is 0.238 e. The van der Waals surface area contributed by atoms with Crippen LogP contribution in [0.3, 0.4) is 0 Å². The number of amides is 1. The van der Waals surface area contributed by atoms with Gasteiger partial charge in [-0.3, -0.25) is 4.79 Å². The molecule has 0 spiro atoms. The van der Waals surface area contributed by atoms with Gasteiger partial charge >= 0.3 is 0 Å². The maximum Gasteiger partial charge on any atom is 0.238 e. The molecule has 2 aliphatic heterocycles. The van der Waals surface area contributed by atoms with Gasteiger partial charge < -0.3 is 14.4 Å². The minimum absolute atomic E-state index is 0.000179. The number of sulfone groups is 1. The van der Waals surface area contributed by atoms with Gasteiger partial charge in [-0.25, -0.2) is 8.42 Å². The lowest BCUT2D eigenvalue weighted by atomic mass is 10.1. The SMILES string of the molecule is O=C(CCl)N(Cc1ccc2c(c1)OCO2)C1CCS(=O)(=O)C1. The van der Waals surface area contributed by atoms with Crippen LogP contribution in [0.4, 0.5) is 0 Å². The summed E-state index contributed by atoms with van der Waals surface area (Å²) in [5.41, 5.74) is 0.854. The number of nitrogens with zero attached hydrogens (tertiary/aromatic N) is 1. The van der Waals surface area contributed by atoms with Gasteiger partial charge in [0.2, 0.25) is 12.7 Å². The number of ether oxygens (including phenoxy) is 2. The number of hydrogen-bond acceptors (Lipinski definition) is 5. The normalized spacial score (nSPS) is 21.8. The Morgan fingerprint density at radius 1 is 1.32 bits per heavy atom. The molecule has 1 saturated heterocycles. The maximum absolute atomic E-state index is 12.1. The third kappa shape index (κ3) is 3.15. The van der Waals surface area contributed by atoms with Crippen LogP contribution in [-0.4, -0.2) is 49.4 Å². The summed E-state index contributed by atoms with van der Waals surface area (Å²) >= 11 is 5.67. The standard InChI is InChI=1S/C14H16ClNO5S/c15-6-14(17)16(11-3-4-22(18,19)8-11)7-10-1-2-12-13(5-10)21-9-20-12/h1-2,5,11H,3-4,6-9H2. The van der Waals surface area contributed by atoms with E-state index in [0.29, 0.717) is 24.5 Å². The summed E-state index contributed by atoms with van der Waals surface area (Å²) in [5, 5.41) is 0. The summed E-state index contributed by atoms with van der Waals surface area (Å²) < 4.78 is 33.9. The van der Waals surface area contributed by atoms with E-state index in [9.17, 15) is 13.2 Å². The van der Waals surface area contributed by atoms with E-state index in [1.165, 1.54) is 0 Å². The molecule has 2 aliphatic rings. The molecule has 3 rings (SSSR count). The second kappa shape index (κ2) is 5.96. The number of halogens is 1. The summed E-state index contributed by atoms with van der Waals surface area (Å²) in [6, 6.07) is 5.11. The largest absolute Gasteiger partial charge is 0.454 e. The second-order valence-corrected chi connectivity index (χ2v) is 7.90. The van der Waals surface area contributed by atoms with Gasteiger partial charge in [-0.2, -0.15) is 0 Å². The second-order valence-electron chi connectivity index (χ2n) is 5.40. The third-order valence-corrected chi connectivity index (χ3v) is 5.85. The minimum Gasteiger partial charge on any atom is -0.454 e. The number of carbonyl (C=O) groups excluding carboxylic acids is 1. The molecular weight excluding hydrogens is 330 g/mol. The van der Waals surface area contributed by atoms with E-state index in [1.807, 2.05) is 6.07 Å². The first-order valence-corrected chi connectivity index (χ1v) is 9.28. The van der Waals surface area contributed by atoms with E-state index in [0.717, 1.165) is 5.56 Å². The molecule has 0 saturated carbocycles. The summed E-state index contributed by atoms with van der Waals surface area (Å²) in [7, 11) is -3.07. The lowest BCUT2D eigenvalue weighted by Gasteiger charge is -2.27. The van der Waals surface area contributed by atoms with Crippen LogP contribution in [0.15, 0.2) is 18.2 Å². The van der Waals surface area contributed by atoms with Crippen LogP contribution in [0, 0.1) is 0 Å². The highest BCUT2D eigenvalue weighted by Gasteiger charge is 2.34. The average Bonchev–Trinajstić information content (AvgIpc) is 3.09. The van der Waals surface area contributed by atoms with Crippen molar-refractivity contribution in [3.05, 3.63) is 23.8 Å². The molecule has 0 aliphatic carbocycles. The van der Waals surface area contributed by atoms with Gasteiger partial charge in [0.15, 0.2) is 21.3 Å². The number of benzene rings is 1. The van der Waals surface area contributed by atoms with Crippen molar-refractivity contribution in [3.63, 3.8) is 0 Å². The predicted molar refractivity (Wildman–Crippen MR) is 80.9 cm³/mol. The lowest BCUT2D eigenvalue weighted by molar-refractivity contribution is -0.131. The van der Waals surface area contributed by atoms with Crippen molar-refractivity contribution < 1.29 is 22.7 Å². The first-order chi connectivity index (χ1) is 10.5. The van der Waals surface area contributed by atoms with Crippen molar-refractivity contribution in [2.45, 2.75) is 19.0 Å². The van der Waals surface area contributed by atoms with Crippen molar-refractivity contribution in [2.24, 2.45) is 0 Å². The molecule has 22 heavy (non-hydrogen) atoms. The number of rotatable bonds is 4. The molecule has 0 aromatic heterocycles. The predicted octanol–water partition coefficient (Wildman–Crippen LogP) is 1.17. The summed E-state index contributed by atoms with van der Waals surface area (Å²) in [5.74, 6) is 0.991. The Labute approximate surface area is 133 Å². The zero-order valence-corrected chi connectivity index (χ0v) is 13.4. The van der Waals surface area contributed by atoms with Crippen LogP contribution < -0.4 is 9.47 Å². The number of hydrogen-bond donors (Lipinski definition) is 0. The Bertz CT molecular complexity index is 690. The van der Waals surface area contributed by atoms with Crippen molar-refractivity contribution in [1.82, 2.24) is 4.90 Å². The van der Waals surface area contributed by atoms with E-state index < -0.39 is 9.84 Å². The van der Waals surface area contributed by atoms with Crippen molar-refractivity contribution in [2.75, 3.05) is 24.2 Å². The molecule has 120 valence electrons. The Hall–Kier alpha value is -1.47. The first-order valence-electron chi connectivity index (χ1n) is 6.93. The average molecular weight is 346 g/mol. The van der Waals surface area contributed by atoms with Gasteiger partial charge in [0.1, 0.15) is 5.88 Å². The molecule has 1 atom stereocenters. The maximum atomic E-state index is 12.1. The van der Waals surface area contributed by atoms with Crippen LogP contribution in [0.1, 0.15) is 12.0 Å². The molecule has 8 heteroatoms. The van der Waals surface area contributed by atoms with Crippen LogP contribution in [-0.2, 0) is 21.2 Å². The molecule has 0 radical (unpaired) electrons. The molecule has 2 heterocycles. The number of alkyl halides is 1. The Morgan fingerprint density at radius 2 is 2.09 bits per heavy atom. The van der Waals surface area contributed by atoms with Crippen molar-refractivity contribution in [1.29, 1.82) is 0 Å². The zero-order chi connectivity index (χ0) is 15.7. The molecule has 6 nitrogen and oxygen atoms in total. The zero-order valence-electron chi connectivity index (χ0n) is 11.8. The molecule has 1 aromatic rings.